The van der Waals surface area contributed by atoms with E-state index in [1.165, 1.54) is 12.1 Å². The number of ether oxygens (including phenoxy) is 1. The molecule has 182 valence electrons. The van der Waals surface area contributed by atoms with Crippen LogP contribution in [0.4, 0.5) is 4.39 Å². The molecule has 1 fully saturated rings. The van der Waals surface area contributed by atoms with Crippen molar-refractivity contribution in [2.75, 3.05) is 0 Å². The molecule has 1 N–H and O–H groups in total. The molecule has 1 unspecified atom stereocenters. The molecular formula is C26H24FN7O2. The second-order valence-electron chi connectivity index (χ2n) is 9.71. The SMILES string of the molecule is Cc1ccc2c(c1)-n1nnc(COc3ccc(F)cc3)c1Cc1c(C3=NC(C)(C4CC4)ON3)ncn1-2. The molecule has 2 aliphatic heterocycles. The molecule has 1 aliphatic carbocycles. The Labute approximate surface area is 206 Å². The summed E-state index contributed by atoms with van der Waals surface area (Å²) >= 11 is 0. The summed E-state index contributed by atoms with van der Waals surface area (Å²) < 4.78 is 23.2. The number of amidine groups is 1. The topological polar surface area (TPSA) is 91.4 Å². The molecule has 4 heterocycles. The van der Waals surface area contributed by atoms with Gasteiger partial charge in [-0.1, -0.05) is 11.3 Å². The number of halogens is 1. The normalized spacial score (nSPS) is 20.1. The fourth-order valence-corrected chi connectivity index (χ4v) is 4.93. The van der Waals surface area contributed by atoms with E-state index in [9.17, 15) is 4.39 Å². The van der Waals surface area contributed by atoms with Crippen LogP contribution in [0.3, 0.4) is 0 Å². The second kappa shape index (κ2) is 7.72. The Morgan fingerprint density at radius 1 is 1.14 bits per heavy atom. The van der Waals surface area contributed by atoms with E-state index in [2.05, 4.69) is 38.6 Å². The lowest BCUT2D eigenvalue weighted by atomic mass is 10.1. The van der Waals surface area contributed by atoms with Crippen LogP contribution in [0.25, 0.3) is 11.4 Å². The van der Waals surface area contributed by atoms with Crippen molar-refractivity contribution < 1.29 is 14.0 Å². The van der Waals surface area contributed by atoms with Crippen LogP contribution in [0.1, 0.15) is 48.1 Å². The van der Waals surface area contributed by atoms with E-state index in [1.54, 1.807) is 12.1 Å². The molecule has 9 nitrogen and oxygen atoms in total. The summed E-state index contributed by atoms with van der Waals surface area (Å²) in [4.78, 5) is 15.5. The van der Waals surface area contributed by atoms with E-state index < -0.39 is 5.72 Å². The zero-order valence-corrected chi connectivity index (χ0v) is 19.9. The third kappa shape index (κ3) is 3.40. The van der Waals surface area contributed by atoms with E-state index in [0.29, 0.717) is 29.6 Å². The van der Waals surface area contributed by atoms with E-state index in [0.717, 1.165) is 46.9 Å². The average Bonchev–Trinajstić information content (AvgIpc) is 3.43. The molecule has 2 aromatic heterocycles. The fourth-order valence-electron chi connectivity index (χ4n) is 4.93. The molecule has 0 spiro atoms. The van der Waals surface area contributed by atoms with Gasteiger partial charge in [-0.25, -0.2) is 29.4 Å². The number of nitrogens with one attached hydrogen (secondary N) is 1. The van der Waals surface area contributed by atoms with Gasteiger partial charge in [0.1, 0.15) is 35.9 Å². The van der Waals surface area contributed by atoms with Crippen molar-refractivity contribution >= 4 is 5.84 Å². The van der Waals surface area contributed by atoms with Crippen molar-refractivity contribution in [1.82, 2.24) is 30.0 Å². The number of nitrogens with zero attached hydrogens (tertiary/aromatic N) is 6. The number of fused-ring (bicyclic) bond motifs is 5. The smallest absolute Gasteiger partial charge is 0.187 e. The van der Waals surface area contributed by atoms with E-state index >= 15 is 0 Å². The highest BCUT2D eigenvalue weighted by Crippen LogP contribution is 2.44. The lowest BCUT2D eigenvalue weighted by Crippen LogP contribution is -2.28. The van der Waals surface area contributed by atoms with Gasteiger partial charge in [-0.15, -0.1) is 5.10 Å². The maximum absolute atomic E-state index is 13.3. The van der Waals surface area contributed by atoms with Gasteiger partial charge in [0.05, 0.1) is 22.8 Å². The number of aromatic nitrogens is 5. The largest absolute Gasteiger partial charge is 0.487 e. The molecule has 4 aromatic rings. The quantitative estimate of drug-likeness (QED) is 0.407. The first-order valence-corrected chi connectivity index (χ1v) is 12.0. The third-order valence-electron chi connectivity index (χ3n) is 7.10. The van der Waals surface area contributed by atoms with Crippen LogP contribution < -0.4 is 10.2 Å². The minimum Gasteiger partial charge on any atom is -0.487 e. The Kier molecular flexibility index (Phi) is 4.56. The van der Waals surface area contributed by atoms with Crippen molar-refractivity contribution in [3.63, 3.8) is 0 Å². The lowest BCUT2D eigenvalue weighted by Gasteiger charge is -2.16. The van der Waals surface area contributed by atoms with E-state index in [-0.39, 0.29) is 12.4 Å². The number of rotatable bonds is 5. The zero-order valence-electron chi connectivity index (χ0n) is 19.9. The van der Waals surface area contributed by atoms with Crippen molar-refractivity contribution in [3.8, 4) is 17.1 Å². The Morgan fingerprint density at radius 3 is 2.78 bits per heavy atom. The van der Waals surface area contributed by atoms with E-state index in [4.69, 9.17) is 19.6 Å². The molecule has 1 atom stereocenters. The number of aliphatic imine (C=N–C) groups is 1. The van der Waals surface area contributed by atoms with E-state index in [1.807, 2.05) is 24.9 Å². The summed E-state index contributed by atoms with van der Waals surface area (Å²) in [5, 5.41) is 8.95. The number of benzene rings is 2. The van der Waals surface area contributed by atoms with Gasteiger partial charge in [0.15, 0.2) is 11.6 Å². The van der Waals surface area contributed by atoms with Crippen molar-refractivity contribution in [1.29, 1.82) is 0 Å². The monoisotopic (exact) mass is 485 g/mol. The Hall–Kier alpha value is -4.05. The average molecular weight is 486 g/mol. The summed E-state index contributed by atoms with van der Waals surface area (Å²) in [6, 6.07) is 12.2. The van der Waals surface area contributed by atoms with Crippen LogP contribution >= 0.6 is 0 Å². The number of hydrogen-bond donors (Lipinski definition) is 1. The van der Waals surface area contributed by atoms with Gasteiger partial charge in [-0.3, -0.25) is 4.57 Å². The number of hydroxylamine groups is 1. The maximum Gasteiger partial charge on any atom is 0.187 e. The van der Waals surface area contributed by atoms with Crippen molar-refractivity contribution in [3.05, 3.63) is 82.9 Å². The zero-order chi connectivity index (χ0) is 24.4. The molecule has 0 radical (unpaired) electrons. The minimum atomic E-state index is -0.566. The van der Waals surface area contributed by atoms with Crippen LogP contribution in [-0.2, 0) is 17.9 Å². The maximum atomic E-state index is 13.3. The number of hydrogen-bond acceptors (Lipinski definition) is 7. The highest BCUT2D eigenvalue weighted by atomic mass is 19.1. The van der Waals surface area contributed by atoms with Gasteiger partial charge in [-0.2, -0.15) is 0 Å². The molecule has 0 bridgehead atoms. The minimum absolute atomic E-state index is 0.202. The summed E-state index contributed by atoms with van der Waals surface area (Å²) in [6.07, 6.45) is 4.57. The lowest BCUT2D eigenvalue weighted by molar-refractivity contribution is -0.0560. The van der Waals surface area contributed by atoms with Gasteiger partial charge >= 0.3 is 0 Å². The Balaban J connectivity index is 1.31. The molecule has 3 aliphatic rings. The Morgan fingerprint density at radius 2 is 1.97 bits per heavy atom. The van der Waals surface area contributed by atoms with Gasteiger partial charge < -0.3 is 4.74 Å². The predicted molar refractivity (Wildman–Crippen MR) is 129 cm³/mol. The first-order chi connectivity index (χ1) is 17.5. The summed E-state index contributed by atoms with van der Waals surface area (Å²) in [6.45, 7) is 4.27. The van der Waals surface area contributed by atoms with Gasteiger partial charge in [0.25, 0.3) is 0 Å². The molecule has 0 amide bonds. The first kappa shape index (κ1) is 21.3. The predicted octanol–water partition coefficient (Wildman–Crippen LogP) is 3.79. The molecule has 36 heavy (non-hydrogen) atoms. The van der Waals surface area contributed by atoms with Gasteiger partial charge in [0, 0.05) is 12.3 Å². The fraction of sp³-hybridized carbons (Fsp3) is 0.308. The highest BCUT2D eigenvalue weighted by molar-refractivity contribution is 5.98. The molecule has 1 saturated carbocycles. The standard InChI is InChI=1S/C26H24FN7O2/c1-15-3-10-20-22(11-15)34-21(19(30-32-34)13-35-18-8-6-17(27)7-9-18)12-23-24(28-14-33(20)23)25-29-26(2,36-31-25)16-4-5-16/h3,6-11,14,16H,4-5,12-13H2,1-2H3,(H,29,31). The highest BCUT2D eigenvalue weighted by Gasteiger charge is 2.47. The van der Waals surface area contributed by atoms with Crippen molar-refractivity contribution in [2.24, 2.45) is 10.9 Å². The summed E-state index contributed by atoms with van der Waals surface area (Å²) in [5.41, 5.74) is 8.74. The third-order valence-corrected chi connectivity index (χ3v) is 7.10. The molecule has 7 rings (SSSR count). The molecule has 2 aromatic carbocycles. The van der Waals surface area contributed by atoms with Gasteiger partial charge in [-0.05, 0) is 68.7 Å². The van der Waals surface area contributed by atoms with Gasteiger partial charge in [0.2, 0.25) is 0 Å². The van der Waals surface area contributed by atoms with Crippen LogP contribution in [0.2, 0.25) is 0 Å². The Bertz CT molecular complexity index is 1520. The molecule has 0 saturated heterocycles. The van der Waals surface area contributed by atoms with Crippen LogP contribution in [0, 0.1) is 18.7 Å². The van der Waals surface area contributed by atoms with Crippen LogP contribution in [0.5, 0.6) is 5.75 Å². The number of aryl methyl sites for hydroxylation is 1. The number of imidazole rings is 1. The molecule has 10 heteroatoms. The summed E-state index contributed by atoms with van der Waals surface area (Å²) in [5.74, 6) is 1.32. The second-order valence-corrected chi connectivity index (χ2v) is 9.71. The summed E-state index contributed by atoms with van der Waals surface area (Å²) in [7, 11) is 0. The molecular weight excluding hydrogens is 461 g/mol. The van der Waals surface area contributed by atoms with Crippen LogP contribution in [0.15, 0.2) is 53.8 Å². The van der Waals surface area contributed by atoms with Crippen molar-refractivity contribution in [2.45, 2.75) is 45.4 Å². The van der Waals surface area contributed by atoms with Crippen LogP contribution in [-0.4, -0.2) is 36.1 Å². The first-order valence-electron chi connectivity index (χ1n) is 12.0.